The van der Waals surface area contributed by atoms with E-state index in [1.807, 2.05) is 0 Å². The van der Waals surface area contributed by atoms with E-state index in [1.165, 1.54) is 0 Å². The van der Waals surface area contributed by atoms with E-state index in [0.717, 1.165) is 17.3 Å². The Morgan fingerprint density at radius 1 is 1.18 bits per heavy atom. The Bertz CT molecular complexity index is 1020. The van der Waals surface area contributed by atoms with Crippen LogP contribution in [0.1, 0.15) is 24.1 Å². The van der Waals surface area contributed by atoms with Gasteiger partial charge in [0.15, 0.2) is 5.03 Å². The van der Waals surface area contributed by atoms with Crippen molar-refractivity contribution in [3.63, 3.8) is 0 Å². The highest BCUT2D eigenvalue weighted by Crippen LogP contribution is 2.33. The minimum absolute atomic E-state index is 0.579. The molecule has 2 amide bonds. The van der Waals surface area contributed by atoms with Crippen LogP contribution in [0.4, 0.5) is 18.0 Å². The van der Waals surface area contributed by atoms with Crippen LogP contribution in [-0.2, 0) is 16.2 Å². The molecule has 11 heteroatoms. The molecule has 2 aromatic rings. The van der Waals surface area contributed by atoms with Crippen LogP contribution in [0.2, 0.25) is 0 Å². The molecular formula is C17H15F3N4O3S. The molecule has 1 aliphatic heterocycles. The number of alkyl halides is 3. The molecule has 0 aliphatic carbocycles. The Morgan fingerprint density at radius 3 is 2.50 bits per heavy atom. The van der Waals surface area contributed by atoms with Gasteiger partial charge in [0.2, 0.25) is 0 Å². The lowest BCUT2D eigenvalue weighted by Crippen LogP contribution is -2.48. The number of carbonyl (C=O) groups is 1. The molecule has 0 saturated heterocycles. The number of hydrazine groups is 1. The molecule has 2 heterocycles. The molecule has 28 heavy (non-hydrogen) atoms. The number of hydrogen-bond donors (Lipinski definition) is 2. The number of aromatic nitrogens is 1. The lowest BCUT2D eigenvalue weighted by Gasteiger charge is -2.25. The van der Waals surface area contributed by atoms with E-state index in [0.29, 0.717) is 17.3 Å². The second-order valence-electron chi connectivity index (χ2n) is 5.95. The molecule has 0 bridgehead atoms. The number of sulfonamides is 1. The minimum Gasteiger partial charge on any atom is -0.298 e. The molecule has 0 fully saturated rings. The van der Waals surface area contributed by atoms with E-state index in [4.69, 9.17) is 0 Å². The van der Waals surface area contributed by atoms with Crippen molar-refractivity contribution in [2.24, 2.45) is 0 Å². The molecule has 1 aromatic heterocycles. The predicted molar refractivity (Wildman–Crippen MR) is 92.9 cm³/mol. The van der Waals surface area contributed by atoms with E-state index in [1.54, 1.807) is 48.1 Å². The van der Waals surface area contributed by atoms with Gasteiger partial charge in [-0.25, -0.2) is 19.5 Å². The summed E-state index contributed by atoms with van der Waals surface area (Å²) in [5.74, 6) is 0. The number of allylic oxidation sites excluding steroid dienone is 1. The molecule has 1 unspecified atom stereocenters. The Hall–Kier alpha value is -3.08. The molecule has 0 spiro atoms. The topological polar surface area (TPSA) is 91.4 Å². The summed E-state index contributed by atoms with van der Waals surface area (Å²) in [6, 6.07) is 8.50. The number of carbonyl (C=O) groups excluding carboxylic acids is 1. The van der Waals surface area contributed by atoms with E-state index in [9.17, 15) is 26.4 Å². The summed E-state index contributed by atoms with van der Waals surface area (Å²) in [4.78, 5) is 15.9. The van der Waals surface area contributed by atoms with Crippen LogP contribution in [0.3, 0.4) is 0 Å². The number of amides is 2. The summed E-state index contributed by atoms with van der Waals surface area (Å²) in [7, 11) is -4.87. The van der Waals surface area contributed by atoms with Crippen LogP contribution in [0.5, 0.6) is 0 Å². The second-order valence-corrected chi connectivity index (χ2v) is 7.55. The first-order valence-corrected chi connectivity index (χ1v) is 9.46. The van der Waals surface area contributed by atoms with Crippen LogP contribution < -0.4 is 10.1 Å². The first kappa shape index (κ1) is 19.7. The SMILES string of the molecule is CC1=CC(c2ccccc2)N(C(=O)NS(=O)(=O)c2ncccc2C(F)(F)F)N1. The van der Waals surface area contributed by atoms with E-state index in [-0.39, 0.29) is 0 Å². The zero-order chi connectivity index (χ0) is 20.5. The number of benzene rings is 1. The number of hydrogen-bond acceptors (Lipinski definition) is 5. The summed E-state index contributed by atoms with van der Waals surface area (Å²) in [5.41, 5.74) is 2.50. The van der Waals surface area contributed by atoms with Gasteiger partial charge in [0, 0.05) is 11.9 Å². The summed E-state index contributed by atoms with van der Waals surface area (Å²) in [6.45, 7) is 1.66. The molecule has 148 valence electrons. The van der Waals surface area contributed by atoms with E-state index >= 15 is 0 Å². The van der Waals surface area contributed by atoms with Crippen molar-refractivity contribution < 1.29 is 26.4 Å². The monoisotopic (exact) mass is 412 g/mol. The van der Waals surface area contributed by atoms with Gasteiger partial charge < -0.3 is 0 Å². The zero-order valence-electron chi connectivity index (χ0n) is 14.4. The number of nitrogens with one attached hydrogen (secondary N) is 2. The standard InChI is InChI=1S/C17H15F3N4O3S/c1-11-10-14(12-6-3-2-4-7-12)24(22-11)16(25)23-28(26,27)15-13(17(18,19)20)8-5-9-21-15/h2-10,14,22H,1H3,(H,23,25). The van der Waals surface area contributed by atoms with Crippen LogP contribution >= 0.6 is 0 Å². The van der Waals surface area contributed by atoms with Gasteiger partial charge >= 0.3 is 12.2 Å². The average Bonchev–Trinajstić information content (AvgIpc) is 3.03. The van der Waals surface area contributed by atoms with Crippen LogP contribution in [0.25, 0.3) is 0 Å². The van der Waals surface area contributed by atoms with Crippen molar-refractivity contribution in [2.75, 3.05) is 0 Å². The van der Waals surface area contributed by atoms with Crippen LogP contribution in [0, 0.1) is 0 Å². The number of rotatable bonds is 3. The summed E-state index contributed by atoms with van der Waals surface area (Å²) in [6.07, 6.45) is -2.36. The highest BCUT2D eigenvalue weighted by atomic mass is 32.2. The van der Waals surface area contributed by atoms with Gasteiger partial charge in [-0.05, 0) is 30.7 Å². The molecule has 7 nitrogen and oxygen atoms in total. The van der Waals surface area contributed by atoms with Crippen molar-refractivity contribution in [2.45, 2.75) is 24.2 Å². The minimum atomic E-state index is -4.95. The van der Waals surface area contributed by atoms with Crippen molar-refractivity contribution in [3.05, 3.63) is 71.6 Å². The molecule has 0 saturated carbocycles. The maximum Gasteiger partial charge on any atom is 0.419 e. The first-order chi connectivity index (χ1) is 13.1. The second kappa shape index (κ2) is 7.15. The third-order valence-corrected chi connectivity index (χ3v) is 5.17. The Balaban J connectivity index is 1.89. The molecule has 3 rings (SSSR count). The fraction of sp³-hybridized carbons (Fsp3) is 0.176. The Labute approximate surface area is 158 Å². The molecule has 1 atom stereocenters. The molecule has 1 aliphatic rings. The fourth-order valence-electron chi connectivity index (χ4n) is 2.71. The van der Waals surface area contributed by atoms with Gasteiger partial charge in [-0.15, -0.1) is 0 Å². The van der Waals surface area contributed by atoms with Crippen molar-refractivity contribution in [1.29, 1.82) is 0 Å². The quantitative estimate of drug-likeness (QED) is 0.809. The number of halogens is 3. The van der Waals surface area contributed by atoms with Gasteiger partial charge in [-0.3, -0.25) is 5.43 Å². The van der Waals surface area contributed by atoms with Gasteiger partial charge in [-0.1, -0.05) is 30.3 Å². The van der Waals surface area contributed by atoms with Gasteiger partial charge in [0.05, 0.1) is 5.56 Å². The Kier molecular flexibility index (Phi) is 5.02. The maximum atomic E-state index is 13.1. The van der Waals surface area contributed by atoms with Gasteiger partial charge in [0.1, 0.15) is 6.04 Å². The van der Waals surface area contributed by atoms with Crippen LogP contribution in [-0.4, -0.2) is 24.4 Å². The maximum absolute atomic E-state index is 13.1. The highest BCUT2D eigenvalue weighted by Gasteiger charge is 2.40. The third kappa shape index (κ3) is 3.93. The smallest absolute Gasteiger partial charge is 0.298 e. The zero-order valence-corrected chi connectivity index (χ0v) is 15.3. The summed E-state index contributed by atoms with van der Waals surface area (Å²) in [5, 5.41) is -0.283. The largest absolute Gasteiger partial charge is 0.419 e. The number of pyridine rings is 1. The van der Waals surface area contributed by atoms with Gasteiger partial charge in [-0.2, -0.15) is 21.6 Å². The number of nitrogens with zero attached hydrogens (tertiary/aromatic N) is 2. The lowest BCUT2D eigenvalue weighted by molar-refractivity contribution is -0.140. The van der Waals surface area contributed by atoms with Crippen LogP contribution in [0.15, 0.2) is 65.5 Å². The third-order valence-electron chi connectivity index (χ3n) is 3.90. The van der Waals surface area contributed by atoms with Crippen molar-refractivity contribution in [3.8, 4) is 0 Å². The number of urea groups is 1. The molecule has 1 aromatic carbocycles. The van der Waals surface area contributed by atoms with E-state index < -0.39 is 38.9 Å². The normalized spacial score (nSPS) is 17.1. The molecular weight excluding hydrogens is 397 g/mol. The summed E-state index contributed by atoms with van der Waals surface area (Å²) < 4.78 is 65.8. The summed E-state index contributed by atoms with van der Waals surface area (Å²) >= 11 is 0. The molecule has 0 radical (unpaired) electrons. The fourth-order valence-corrected chi connectivity index (χ4v) is 3.81. The van der Waals surface area contributed by atoms with Crippen molar-refractivity contribution >= 4 is 16.1 Å². The average molecular weight is 412 g/mol. The highest BCUT2D eigenvalue weighted by molar-refractivity contribution is 7.90. The first-order valence-electron chi connectivity index (χ1n) is 7.98. The van der Waals surface area contributed by atoms with Crippen molar-refractivity contribution in [1.82, 2.24) is 20.1 Å². The van der Waals surface area contributed by atoms with E-state index in [2.05, 4.69) is 10.4 Å². The molecule has 2 N–H and O–H groups in total. The Morgan fingerprint density at radius 2 is 1.86 bits per heavy atom. The predicted octanol–water partition coefficient (Wildman–Crippen LogP) is 2.96. The lowest BCUT2D eigenvalue weighted by atomic mass is 10.1. The van der Waals surface area contributed by atoms with Gasteiger partial charge in [0.25, 0.3) is 10.0 Å².